The summed E-state index contributed by atoms with van der Waals surface area (Å²) in [6, 6.07) is 5.39. The molecular weight excluding hydrogens is 293 g/mol. The molecule has 0 spiro atoms. The first-order valence-corrected chi connectivity index (χ1v) is 7.57. The largest absolute Gasteiger partial charge is 0.495 e. The van der Waals surface area contributed by atoms with Crippen molar-refractivity contribution in [2.24, 2.45) is 0 Å². The SMILES string of the molecule is COC(=O)c1ccc(B2OC(C)(C)C(C)(C)O2)c2cnccc12. The molecule has 0 N–H and O–H groups in total. The fourth-order valence-electron chi connectivity index (χ4n) is 2.68. The van der Waals surface area contributed by atoms with E-state index in [0.29, 0.717) is 5.56 Å². The number of esters is 1. The Morgan fingerprint density at radius 2 is 1.74 bits per heavy atom. The van der Waals surface area contributed by atoms with Crippen LogP contribution >= 0.6 is 0 Å². The molecule has 1 fully saturated rings. The van der Waals surface area contributed by atoms with E-state index in [-0.39, 0.29) is 5.97 Å². The number of fused-ring (bicyclic) bond motifs is 1. The van der Waals surface area contributed by atoms with Crippen molar-refractivity contribution in [3.05, 3.63) is 36.2 Å². The van der Waals surface area contributed by atoms with E-state index in [9.17, 15) is 4.79 Å². The number of hydrogen-bond donors (Lipinski definition) is 0. The van der Waals surface area contributed by atoms with Crippen molar-refractivity contribution in [2.75, 3.05) is 7.11 Å². The third-order valence-electron chi connectivity index (χ3n) is 4.76. The van der Waals surface area contributed by atoms with Crippen molar-refractivity contribution < 1.29 is 18.8 Å². The zero-order valence-electron chi connectivity index (χ0n) is 14.0. The van der Waals surface area contributed by atoms with Crippen LogP contribution in [0.4, 0.5) is 0 Å². The number of carbonyl (C=O) groups is 1. The molecule has 23 heavy (non-hydrogen) atoms. The van der Waals surface area contributed by atoms with Crippen LogP contribution in [0.3, 0.4) is 0 Å². The van der Waals surface area contributed by atoms with Crippen LogP contribution < -0.4 is 5.46 Å². The number of aromatic nitrogens is 1. The van der Waals surface area contributed by atoms with Gasteiger partial charge in [0.2, 0.25) is 0 Å². The van der Waals surface area contributed by atoms with Gasteiger partial charge in [0.1, 0.15) is 0 Å². The van der Waals surface area contributed by atoms with Gasteiger partial charge in [0.25, 0.3) is 0 Å². The number of carbonyl (C=O) groups excluding carboxylic acids is 1. The molecule has 0 radical (unpaired) electrons. The first-order chi connectivity index (χ1) is 10.8. The van der Waals surface area contributed by atoms with Crippen LogP contribution in [0, 0.1) is 0 Å². The molecule has 1 aromatic heterocycles. The zero-order chi connectivity index (χ0) is 16.8. The Kier molecular flexibility index (Phi) is 3.69. The average molecular weight is 313 g/mol. The second-order valence-electron chi connectivity index (χ2n) is 6.70. The lowest BCUT2D eigenvalue weighted by molar-refractivity contribution is 0.00578. The van der Waals surface area contributed by atoms with Gasteiger partial charge in [-0.15, -0.1) is 0 Å². The molecule has 0 aliphatic carbocycles. The van der Waals surface area contributed by atoms with Crippen LogP contribution in [-0.2, 0) is 14.0 Å². The number of ether oxygens (including phenoxy) is 1. The number of methoxy groups -OCH3 is 1. The molecule has 5 nitrogen and oxygen atoms in total. The minimum atomic E-state index is -0.501. The third-order valence-corrected chi connectivity index (χ3v) is 4.76. The molecule has 2 heterocycles. The van der Waals surface area contributed by atoms with Crippen molar-refractivity contribution in [1.29, 1.82) is 0 Å². The minimum absolute atomic E-state index is 0.373. The molecule has 0 amide bonds. The first-order valence-electron chi connectivity index (χ1n) is 7.57. The fourth-order valence-corrected chi connectivity index (χ4v) is 2.68. The Bertz CT molecular complexity index is 756. The second-order valence-corrected chi connectivity index (χ2v) is 6.70. The van der Waals surface area contributed by atoms with Crippen LogP contribution in [0.25, 0.3) is 10.8 Å². The number of hydrogen-bond acceptors (Lipinski definition) is 5. The summed E-state index contributed by atoms with van der Waals surface area (Å²) in [5.41, 5.74) is 0.519. The van der Waals surface area contributed by atoms with Crippen molar-refractivity contribution >= 4 is 29.3 Å². The van der Waals surface area contributed by atoms with Crippen LogP contribution in [0.1, 0.15) is 38.1 Å². The lowest BCUT2D eigenvalue weighted by atomic mass is 9.76. The standard InChI is InChI=1S/C17H20BNO4/c1-16(2)17(3,4)23-18(22-16)14-7-6-12(15(20)21-5)11-8-9-19-10-13(11)14/h6-10H,1-5H3. The van der Waals surface area contributed by atoms with E-state index < -0.39 is 18.3 Å². The Hall–Kier alpha value is -1.92. The highest BCUT2D eigenvalue weighted by atomic mass is 16.7. The molecule has 1 aliphatic heterocycles. The summed E-state index contributed by atoms with van der Waals surface area (Å²) >= 11 is 0. The third kappa shape index (κ3) is 2.52. The van der Waals surface area contributed by atoms with E-state index in [1.807, 2.05) is 33.8 Å². The highest BCUT2D eigenvalue weighted by Crippen LogP contribution is 2.37. The van der Waals surface area contributed by atoms with Gasteiger partial charge in [0.05, 0.1) is 23.9 Å². The van der Waals surface area contributed by atoms with Crippen LogP contribution in [-0.4, -0.2) is 36.4 Å². The predicted octanol–water partition coefficient (Wildman–Crippen LogP) is 2.32. The average Bonchev–Trinajstić information content (AvgIpc) is 2.73. The smallest absolute Gasteiger partial charge is 0.465 e. The van der Waals surface area contributed by atoms with E-state index in [4.69, 9.17) is 14.0 Å². The molecule has 1 saturated heterocycles. The lowest BCUT2D eigenvalue weighted by Crippen LogP contribution is -2.41. The minimum Gasteiger partial charge on any atom is -0.465 e. The molecule has 0 unspecified atom stereocenters. The van der Waals surface area contributed by atoms with Gasteiger partial charge in [-0.1, -0.05) is 6.07 Å². The van der Waals surface area contributed by atoms with Gasteiger partial charge in [-0.05, 0) is 50.7 Å². The Balaban J connectivity index is 2.13. The van der Waals surface area contributed by atoms with Gasteiger partial charge in [0, 0.05) is 17.8 Å². The van der Waals surface area contributed by atoms with E-state index in [1.165, 1.54) is 7.11 Å². The van der Waals surface area contributed by atoms with E-state index in [0.717, 1.165) is 16.2 Å². The van der Waals surface area contributed by atoms with E-state index in [2.05, 4.69) is 4.98 Å². The van der Waals surface area contributed by atoms with Gasteiger partial charge in [-0.3, -0.25) is 4.98 Å². The molecule has 1 aliphatic rings. The van der Waals surface area contributed by atoms with Crippen molar-refractivity contribution in [1.82, 2.24) is 4.98 Å². The quantitative estimate of drug-likeness (QED) is 0.629. The summed E-state index contributed by atoms with van der Waals surface area (Å²) in [6.45, 7) is 8.04. The van der Waals surface area contributed by atoms with Crippen molar-refractivity contribution in [2.45, 2.75) is 38.9 Å². The Morgan fingerprint density at radius 3 is 2.35 bits per heavy atom. The Labute approximate surface area is 136 Å². The molecule has 3 rings (SSSR count). The summed E-state index contributed by atoms with van der Waals surface area (Å²) in [5, 5.41) is 1.60. The van der Waals surface area contributed by atoms with Crippen molar-refractivity contribution in [3.63, 3.8) is 0 Å². The summed E-state index contributed by atoms with van der Waals surface area (Å²) in [6.07, 6.45) is 3.38. The normalized spacial score (nSPS) is 19.1. The summed E-state index contributed by atoms with van der Waals surface area (Å²) in [4.78, 5) is 16.1. The molecule has 2 aromatic rings. The Morgan fingerprint density at radius 1 is 1.09 bits per heavy atom. The van der Waals surface area contributed by atoms with Gasteiger partial charge in [0.15, 0.2) is 0 Å². The van der Waals surface area contributed by atoms with Crippen molar-refractivity contribution in [3.8, 4) is 0 Å². The molecule has 0 bridgehead atoms. The number of nitrogens with zero attached hydrogens (tertiary/aromatic N) is 1. The van der Waals surface area contributed by atoms with Gasteiger partial charge >= 0.3 is 13.1 Å². The summed E-state index contributed by atoms with van der Waals surface area (Å²) < 4.78 is 17.1. The van der Waals surface area contributed by atoms with Gasteiger partial charge < -0.3 is 14.0 Å². The fraction of sp³-hybridized carbons (Fsp3) is 0.412. The van der Waals surface area contributed by atoms with Gasteiger partial charge in [-0.2, -0.15) is 0 Å². The topological polar surface area (TPSA) is 57.7 Å². The summed E-state index contributed by atoms with van der Waals surface area (Å²) in [7, 11) is 0.871. The van der Waals surface area contributed by atoms with Gasteiger partial charge in [-0.25, -0.2) is 4.79 Å². The molecule has 6 heteroatoms. The number of benzene rings is 1. The van der Waals surface area contributed by atoms with Crippen LogP contribution in [0.15, 0.2) is 30.6 Å². The van der Waals surface area contributed by atoms with E-state index >= 15 is 0 Å². The number of pyridine rings is 1. The van der Waals surface area contributed by atoms with E-state index in [1.54, 1.807) is 24.5 Å². The number of rotatable bonds is 2. The first kappa shape index (κ1) is 16.0. The molecule has 0 saturated carbocycles. The molecular formula is C17H20BNO4. The predicted molar refractivity (Wildman–Crippen MR) is 88.8 cm³/mol. The molecule has 120 valence electrons. The van der Waals surface area contributed by atoms with Crippen LogP contribution in [0.2, 0.25) is 0 Å². The maximum atomic E-state index is 12.0. The highest BCUT2D eigenvalue weighted by Gasteiger charge is 2.52. The maximum Gasteiger partial charge on any atom is 0.495 e. The second kappa shape index (κ2) is 5.32. The highest BCUT2D eigenvalue weighted by molar-refractivity contribution is 6.65. The molecule has 1 aromatic carbocycles. The maximum absolute atomic E-state index is 12.0. The summed E-state index contributed by atoms with van der Waals surface area (Å²) in [5.74, 6) is -0.373. The molecule has 0 atom stereocenters. The monoisotopic (exact) mass is 313 g/mol. The van der Waals surface area contributed by atoms with Crippen LogP contribution in [0.5, 0.6) is 0 Å². The zero-order valence-corrected chi connectivity index (χ0v) is 14.0. The lowest BCUT2D eigenvalue weighted by Gasteiger charge is -2.32.